The lowest BCUT2D eigenvalue weighted by Crippen LogP contribution is -2.10. The second-order valence-corrected chi connectivity index (χ2v) is 6.80. The Morgan fingerprint density at radius 2 is 2.16 bits per heavy atom. The number of esters is 1. The Morgan fingerprint density at radius 3 is 2.92 bits per heavy atom. The molecule has 128 valence electrons. The van der Waals surface area contributed by atoms with E-state index in [1.165, 1.54) is 17.3 Å². The van der Waals surface area contributed by atoms with Gasteiger partial charge < -0.3 is 15.5 Å². The summed E-state index contributed by atoms with van der Waals surface area (Å²) in [6, 6.07) is 8.30. The van der Waals surface area contributed by atoms with Crippen LogP contribution in [-0.2, 0) is 17.6 Å². The Bertz CT molecular complexity index is 994. The average Bonchev–Trinajstić information content (AvgIpc) is 3.00. The van der Waals surface area contributed by atoms with Gasteiger partial charge in [-0.3, -0.25) is 0 Å². The van der Waals surface area contributed by atoms with Gasteiger partial charge in [-0.25, -0.2) is 9.78 Å². The molecule has 1 aliphatic carbocycles. The smallest absolute Gasteiger partial charge is 0.357 e. The van der Waals surface area contributed by atoms with E-state index >= 15 is 0 Å². The third kappa shape index (κ3) is 2.40. The molecule has 25 heavy (non-hydrogen) atoms. The second kappa shape index (κ2) is 6.11. The summed E-state index contributed by atoms with van der Waals surface area (Å²) in [7, 11) is 0. The summed E-state index contributed by atoms with van der Waals surface area (Å²) >= 11 is 1.52. The number of hydrogen-bond donors (Lipinski definition) is 2. The van der Waals surface area contributed by atoms with Crippen molar-refractivity contribution in [1.82, 2.24) is 9.97 Å². The number of H-pyrrole nitrogens is 1. The fraction of sp³-hybridized carbons (Fsp3) is 0.263. The van der Waals surface area contributed by atoms with Crippen molar-refractivity contribution >= 4 is 34.3 Å². The molecule has 3 N–H and O–H groups in total. The number of aromatic nitrogens is 2. The highest BCUT2D eigenvalue weighted by Crippen LogP contribution is 2.43. The molecular weight excluding hydrogens is 334 g/mol. The molecule has 4 rings (SSSR count). The largest absolute Gasteiger partial charge is 0.461 e. The van der Waals surface area contributed by atoms with Crippen molar-refractivity contribution in [3.63, 3.8) is 0 Å². The van der Waals surface area contributed by atoms with E-state index in [0.717, 1.165) is 40.1 Å². The quantitative estimate of drug-likeness (QED) is 0.553. The van der Waals surface area contributed by atoms with Crippen molar-refractivity contribution < 1.29 is 9.53 Å². The number of hydrogen-bond acceptors (Lipinski definition) is 5. The van der Waals surface area contributed by atoms with Gasteiger partial charge in [-0.05, 0) is 37.1 Å². The van der Waals surface area contributed by atoms with E-state index in [9.17, 15) is 4.79 Å². The van der Waals surface area contributed by atoms with Gasteiger partial charge in [-0.2, -0.15) is 0 Å². The number of rotatable bonds is 3. The molecule has 0 unspecified atom stereocenters. The van der Waals surface area contributed by atoms with Crippen LogP contribution in [0, 0.1) is 0 Å². The molecule has 3 aromatic rings. The standard InChI is InChI=1S/C19H19N3O2S/c1-3-24-19(23)17-16-14(18(22-17)25-2)15(20)13-11-7-5-4-6-10(11)8-9-12(13)21-16/h4-7,22H,3,8-9,20H2,1-2H3. The van der Waals surface area contributed by atoms with Crippen LogP contribution in [0.5, 0.6) is 0 Å². The average molecular weight is 353 g/mol. The number of benzene rings is 1. The van der Waals surface area contributed by atoms with E-state index in [4.69, 9.17) is 15.5 Å². The van der Waals surface area contributed by atoms with Gasteiger partial charge in [-0.1, -0.05) is 24.3 Å². The van der Waals surface area contributed by atoms with Crippen molar-refractivity contribution in [2.24, 2.45) is 0 Å². The second-order valence-electron chi connectivity index (χ2n) is 5.98. The van der Waals surface area contributed by atoms with Gasteiger partial charge in [0.15, 0.2) is 5.69 Å². The molecule has 0 radical (unpaired) electrons. The van der Waals surface area contributed by atoms with Crippen LogP contribution in [0.15, 0.2) is 29.3 Å². The molecule has 0 saturated carbocycles. The molecule has 0 bridgehead atoms. The molecule has 1 aromatic carbocycles. The molecule has 0 saturated heterocycles. The number of aromatic amines is 1. The minimum absolute atomic E-state index is 0.321. The zero-order chi connectivity index (χ0) is 17.6. The molecule has 0 amide bonds. The maximum atomic E-state index is 12.3. The summed E-state index contributed by atoms with van der Waals surface area (Å²) in [5.41, 5.74) is 12.6. The van der Waals surface area contributed by atoms with Crippen LogP contribution < -0.4 is 5.73 Å². The van der Waals surface area contributed by atoms with Crippen molar-refractivity contribution in [3.05, 3.63) is 41.2 Å². The summed E-state index contributed by atoms with van der Waals surface area (Å²) in [6.45, 7) is 2.11. The summed E-state index contributed by atoms with van der Waals surface area (Å²) in [6.07, 6.45) is 3.69. The molecule has 0 aliphatic heterocycles. The molecule has 0 fully saturated rings. The van der Waals surface area contributed by atoms with Gasteiger partial charge >= 0.3 is 5.97 Å². The summed E-state index contributed by atoms with van der Waals surface area (Å²) in [5, 5.41) is 1.65. The first-order chi connectivity index (χ1) is 12.2. The summed E-state index contributed by atoms with van der Waals surface area (Å²) in [4.78, 5) is 20.3. The van der Waals surface area contributed by atoms with Gasteiger partial charge in [0.1, 0.15) is 5.52 Å². The number of thioether (sulfide) groups is 1. The molecule has 2 aromatic heterocycles. The lowest BCUT2D eigenvalue weighted by atomic mass is 9.87. The Labute approximate surface area is 150 Å². The predicted octanol–water partition coefficient (Wildman–Crippen LogP) is 3.81. The van der Waals surface area contributed by atoms with Crippen LogP contribution >= 0.6 is 11.8 Å². The molecule has 5 nitrogen and oxygen atoms in total. The van der Waals surface area contributed by atoms with Crippen molar-refractivity contribution in [3.8, 4) is 11.1 Å². The molecule has 0 atom stereocenters. The summed E-state index contributed by atoms with van der Waals surface area (Å²) < 4.78 is 5.17. The van der Waals surface area contributed by atoms with E-state index in [-0.39, 0.29) is 0 Å². The van der Waals surface area contributed by atoms with Crippen molar-refractivity contribution in [2.75, 3.05) is 18.6 Å². The van der Waals surface area contributed by atoms with E-state index in [2.05, 4.69) is 23.2 Å². The van der Waals surface area contributed by atoms with Gasteiger partial charge in [0.2, 0.25) is 0 Å². The Morgan fingerprint density at radius 1 is 1.36 bits per heavy atom. The SMILES string of the molecule is CCOC(=O)c1[nH]c(SC)c2c(N)c3c(nc12)CCc1ccccc1-3. The lowest BCUT2D eigenvalue weighted by Gasteiger charge is -2.21. The maximum absolute atomic E-state index is 12.3. The minimum Gasteiger partial charge on any atom is -0.461 e. The van der Waals surface area contributed by atoms with Crippen LogP contribution in [0.3, 0.4) is 0 Å². The van der Waals surface area contributed by atoms with E-state index in [1.807, 2.05) is 12.3 Å². The van der Waals surface area contributed by atoms with Crippen LogP contribution in [0.4, 0.5) is 5.69 Å². The topological polar surface area (TPSA) is 81.0 Å². The number of carbonyl (C=O) groups excluding carboxylic acids is 1. The van der Waals surface area contributed by atoms with Crippen LogP contribution in [0.1, 0.15) is 28.7 Å². The van der Waals surface area contributed by atoms with Crippen molar-refractivity contribution in [1.29, 1.82) is 0 Å². The summed E-state index contributed by atoms with van der Waals surface area (Å²) in [5.74, 6) is -0.393. The number of pyridine rings is 1. The number of nitrogens with one attached hydrogen (secondary N) is 1. The van der Waals surface area contributed by atoms with Crippen LogP contribution in [0.2, 0.25) is 0 Å². The van der Waals surface area contributed by atoms with E-state index < -0.39 is 5.97 Å². The maximum Gasteiger partial charge on any atom is 0.357 e. The third-order valence-electron chi connectivity index (χ3n) is 4.61. The number of nitrogens with zero attached hydrogens (tertiary/aromatic N) is 1. The number of anilines is 1. The molecule has 0 spiro atoms. The highest BCUT2D eigenvalue weighted by Gasteiger charge is 2.27. The van der Waals surface area contributed by atoms with Crippen LogP contribution in [0.25, 0.3) is 22.0 Å². The van der Waals surface area contributed by atoms with Gasteiger partial charge in [0.25, 0.3) is 0 Å². The van der Waals surface area contributed by atoms with Gasteiger partial charge in [-0.15, -0.1) is 11.8 Å². The zero-order valence-electron chi connectivity index (χ0n) is 14.2. The third-order valence-corrected chi connectivity index (χ3v) is 5.33. The molecular formula is C19H19N3O2S. The van der Waals surface area contributed by atoms with E-state index in [1.54, 1.807) is 6.92 Å². The predicted molar refractivity (Wildman–Crippen MR) is 101 cm³/mol. The molecule has 6 heteroatoms. The minimum atomic E-state index is -0.393. The highest BCUT2D eigenvalue weighted by atomic mass is 32.2. The number of aryl methyl sites for hydroxylation is 2. The fourth-order valence-corrected chi connectivity index (χ4v) is 4.14. The first-order valence-corrected chi connectivity index (χ1v) is 9.51. The first kappa shape index (κ1) is 16.0. The number of nitrogen functional groups attached to an aromatic ring is 1. The Kier molecular flexibility index (Phi) is 3.92. The van der Waals surface area contributed by atoms with Crippen molar-refractivity contribution in [2.45, 2.75) is 24.8 Å². The molecule has 1 aliphatic rings. The Balaban J connectivity index is 2.03. The highest BCUT2D eigenvalue weighted by molar-refractivity contribution is 7.98. The van der Waals surface area contributed by atoms with Gasteiger partial charge in [0, 0.05) is 5.56 Å². The number of fused-ring (bicyclic) bond motifs is 4. The zero-order valence-corrected chi connectivity index (χ0v) is 15.0. The number of nitrogens with two attached hydrogens (primary N) is 1. The Hall–Kier alpha value is -2.47. The number of ether oxygens (including phenoxy) is 1. The molecule has 2 heterocycles. The van der Waals surface area contributed by atoms with Crippen LogP contribution in [-0.4, -0.2) is 28.8 Å². The monoisotopic (exact) mass is 353 g/mol. The normalized spacial score (nSPS) is 12.7. The van der Waals surface area contributed by atoms with E-state index in [0.29, 0.717) is 23.5 Å². The lowest BCUT2D eigenvalue weighted by molar-refractivity contribution is 0.0522. The van der Waals surface area contributed by atoms with Gasteiger partial charge in [0.05, 0.1) is 28.4 Å². The fourth-order valence-electron chi connectivity index (χ4n) is 3.52. The first-order valence-electron chi connectivity index (χ1n) is 8.29. The number of carbonyl (C=O) groups is 1.